The Morgan fingerprint density at radius 1 is 0.970 bits per heavy atom. The highest BCUT2D eigenvalue weighted by molar-refractivity contribution is 6.04. The maximum absolute atomic E-state index is 13.7. The predicted octanol–water partition coefficient (Wildman–Crippen LogP) is 6.30. The molecular formula is C25H20F3N3O2. The second kappa shape index (κ2) is 9.20. The summed E-state index contributed by atoms with van der Waals surface area (Å²) in [6, 6.07) is 21.1. The van der Waals surface area contributed by atoms with Crippen molar-refractivity contribution in [2.24, 2.45) is 0 Å². The standard InChI is InChI=1S/C25H20F3N3O2/c1-17-7-5-6-10-21(17)24(32)29-23-13-14-31(30-23)16-18-11-12-20(15-22(18)25(26,27)28)33-19-8-3-2-4-9-19/h2-15H,16H2,1H3,(H,29,30,32). The molecule has 1 N–H and O–H groups in total. The van der Waals surface area contributed by atoms with Crippen LogP contribution < -0.4 is 10.1 Å². The first-order valence-electron chi connectivity index (χ1n) is 10.1. The number of halogens is 3. The molecule has 0 fully saturated rings. The summed E-state index contributed by atoms with van der Waals surface area (Å²) >= 11 is 0. The van der Waals surface area contributed by atoms with Gasteiger partial charge >= 0.3 is 6.18 Å². The Morgan fingerprint density at radius 2 is 1.70 bits per heavy atom. The summed E-state index contributed by atoms with van der Waals surface area (Å²) < 4.78 is 48.1. The molecule has 3 aromatic carbocycles. The van der Waals surface area contributed by atoms with Crippen LogP contribution in [0.1, 0.15) is 27.0 Å². The maximum Gasteiger partial charge on any atom is 0.416 e. The van der Waals surface area contributed by atoms with E-state index >= 15 is 0 Å². The van der Waals surface area contributed by atoms with Crippen LogP contribution in [0.15, 0.2) is 85.1 Å². The number of aryl methyl sites for hydroxylation is 1. The Kier molecular flexibility index (Phi) is 6.17. The normalized spacial score (nSPS) is 11.3. The Labute approximate surface area is 188 Å². The second-order valence-corrected chi connectivity index (χ2v) is 7.40. The molecule has 1 aromatic heterocycles. The van der Waals surface area contributed by atoms with E-state index in [0.717, 1.165) is 11.6 Å². The van der Waals surface area contributed by atoms with Crippen molar-refractivity contribution >= 4 is 11.7 Å². The van der Waals surface area contributed by atoms with Gasteiger partial charge in [-0.2, -0.15) is 18.3 Å². The average molecular weight is 451 g/mol. The third kappa shape index (κ3) is 5.41. The van der Waals surface area contributed by atoms with E-state index in [1.165, 1.54) is 29.1 Å². The number of hydrogen-bond acceptors (Lipinski definition) is 3. The van der Waals surface area contributed by atoms with Gasteiger partial charge in [0.2, 0.25) is 0 Å². The molecule has 4 rings (SSSR count). The molecule has 0 aliphatic rings. The minimum absolute atomic E-state index is 0.0304. The van der Waals surface area contributed by atoms with Crippen molar-refractivity contribution < 1.29 is 22.7 Å². The van der Waals surface area contributed by atoms with Crippen LogP contribution in [0.4, 0.5) is 19.0 Å². The summed E-state index contributed by atoms with van der Waals surface area (Å²) in [5.74, 6) is 0.445. The second-order valence-electron chi connectivity index (χ2n) is 7.40. The number of carbonyl (C=O) groups is 1. The molecular weight excluding hydrogens is 431 g/mol. The van der Waals surface area contributed by atoms with Gasteiger partial charge in [-0.05, 0) is 48.4 Å². The highest BCUT2D eigenvalue weighted by Gasteiger charge is 2.34. The number of nitrogens with one attached hydrogen (secondary N) is 1. The zero-order valence-electron chi connectivity index (χ0n) is 17.6. The topological polar surface area (TPSA) is 56.2 Å². The van der Waals surface area contributed by atoms with Crippen LogP contribution in [0.25, 0.3) is 0 Å². The number of alkyl halides is 3. The summed E-state index contributed by atoms with van der Waals surface area (Å²) in [5.41, 5.74) is 0.530. The molecule has 1 heterocycles. The third-order valence-corrected chi connectivity index (χ3v) is 4.97. The lowest BCUT2D eigenvalue weighted by molar-refractivity contribution is -0.138. The number of aromatic nitrogens is 2. The number of amides is 1. The molecule has 1 amide bonds. The summed E-state index contributed by atoms with van der Waals surface area (Å²) in [6.45, 7) is 1.69. The van der Waals surface area contributed by atoms with Crippen molar-refractivity contribution in [1.82, 2.24) is 9.78 Å². The van der Waals surface area contributed by atoms with Gasteiger partial charge in [-0.1, -0.05) is 42.5 Å². The van der Waals surface area contributed by atoms with E-state index in [2.05, 4.69) is 10.4 Å². The molecule has 33 heavy (non-hydrogen) atoms. The number of benzene rings is 3. The van der Waals surface area contributed by atoms with Crippen LogP contribution >= 0.6 is 0 Å². The lowest BCUT2D eigenvalue weighted by Gasteiger charge is -2.15. The van der Waals surface area contributed by atoms with E-state index in [1.54, 1.807) is 42.5 Å². The summed E-state index contributed by atoms with van der Waals surface area (Å²) in [4.78, 5) is 12.5. The van der Waals surface area contributed by atoms with Crippen LogP contribution in [-0.4, -0.2) is 15.7 Å². The molecule has 8 heteroatoms. The zero-order chi connectivity index (χ0) is 23.4. The summed E-state index contributed by atoms with van der Waals surface area (Å²) in [6.07, 6.45) is -3.05. The fourth-order valence-corrected chi connectivity index (χ4v) is 3.35. The van der Waals surface area contributed by atoms with Gasteiger partial charge in [0.1, 0.15) is 11.5 Å². The first-order valence-corrected chi connectivity index (χ1v) is 10.1. The van der Waals surface area contributed by atoms with Crippen LogP contribution in [0.3, 0.4) is 0 Å². The van der Waals surface area contributed by atoms with Crippen molar-refractivity contribution in [3.05, 3.63) is 107 Å². The number of nitrogens with zero attached hydrogens (tertiary/aromatic N) is 2. The SMILES string of the molecule is Cc1ccccc1C(=O)Nc1ccn(Cc2ccc(Oc3ccccc3)cc2C(F)(F)F)n1. The maximum atomic E-state index is 13.7. The van der Waals surface area contributed by atoms with Gasteiger partial charge in [0.25, 0.3) is 5.91 Å². The molecule has 0 spiro atoms. The molecule has 0 unspecified atom stereocenters. The van der Waals surface area contributed by atoms with Crippen LogP contribution in [0.5, 0.6) is 11.5 Å². The van der Waals surface area contributed by atoms with Crippen molar-refractivity contribution in [1.29, 1.82) is 0 Å². The Morgan fingerprint density at radius 3 is 2.42 bits per heavy atom. The van der Waals surface area contributed by atoms with Crippen molar-refractivity contribution in [2.75, 3.05) is 5.32 Å². The molecule has 0 saturated carbocycles. The summed E-state index contributed by atoms with van der Waals surface area (Å²) in [7, 11) is 0. The zero-order valence-corrected chi connectivity index (χ0v) is 17.6. The molecule has 0 radical (unpaired) electrons. The third-order valence-electron chi connectivity index (χ3n) is 4.97. The van der Waals surface area contributed by atoms with Crippen molar-refractivity contribution in [3.63, 3.8) is 0 Å². The van der Waals surface area contributed by atoms with Gasteiger partial charge in [-0.25, -0.2) is 0 Å². The van der Waals surface area contributed by atoms with Gasteiger partial charge in [0.05, 0.1) is 12.1 Å². The van der Waals surface area contributed by atoms with Crippen LogP contribution in [-0.2, 0) is 12.7 Å². The highest BCUT2D eigenvalue weighted by Crippen LogP contribution is 2.36. The lowest BCUT2D eigenvalue weighted by atomic mass is 10.1. The Hall–Kier alpha value is -4.07. The Balaban J connectivity index is 1.52. The first-order chi connectivity index (χ1) is 15.8. The number of anilines is 1. The smallest absolute Gasteiger partial charge is 0.416 e. The molecule has 5 nitrogen and oxygen atoms in total. The quantitative estimate of drug-likeness (QED) is 0.374. The number of ether oxygens (including phenoxy) is 1. The van der Waals surface area contributed by atoms with E-state index in [0.29, 0.717) is 11.3 Å². The van der Waals surface area contributed by atoms with E-state index in [-0.39, 0.29) is 29.6 Å². The molecule has 0 bridgehead atoms. The fraction of sp³-hybridized carbons (Fsp3) is 0.120. The van der Waals surface area contributed by atoms with E-state index < -0.39 is 11.7 Å². The molecule has 4 aromatic rings. The first kappa shape index (κ1) is 22.1. The minimum Gasteiger partial charge on any atom is -0.457 e. The van der Waals surface area contributed by atoms with Gasteiger partial charge in [-0.3, -0.25) is 9.48 Å². The number of carbonyl (C=O) groups excluding carboxylic acids is 1. The fourth-order valence-electron chi connectivity index (χ4n) is 3.35. The lowest BCUT2D eigenvalue weighted by Crippen LogP contribution is -2.15. The number of hydrogen-bond donors (Lipinski definition) is 1. The van der Waals surface area contributed by atoms with E-state index in [9.17, 15) is 18.0 Å². The van der Waals surface area contributed by atoms with Crippen LogP contribution in [0, 0.1) is 6.92 Å². The van der Waals surface area contributed by atoms with Crippen molar-refractivity contribution in [3.8, 4) is 11.5 Å². The summed E-state index contributed by atoms with van der Waals surface area (Å²) in [5, 5.41) is 6.87. The van der Waals surface area contributed by atoms with Gasteiger partial charge < -0.3 is 10.1 Å². The molecule has 0 aliphatic heterocycles. The predicted molar refractivity (Wildman–Crippen MR) is 118 cm³/mol. The number of para-hydroxylation sites is 1. The Bertz CT molecular complexity index is 1270. The van der Waals surface area contributed by atoms with Gasteiger partial charge in [-0.15, -0.1) is 0 Å². The van der Waals surface area contributed by atoms with Crippen molar-refractivity contribution in [2.45, 2.75) is 19.6 Å². The monoisotopic (exact) mass is 451 g/mol. The van der Waals surface area contributed by atoms with E-state index in [1.807, 2.05) is 19.1 Å². The molecule has 0 atom stereocenters. The highest BCUT2D eigenvalue weighted by atomic mass is 19.4. The molecule has 0 aliphatic carbocycles. The van der Waals surface area contributed by atoms with Gasteiger partial charge in [0.15, 0.2) is 5.82 Å². The van der Waals surface area contributed by atoms with Crippen LogP contribution in [0.2, 0.25) is 0 Å². The van der Waals surface area contributed by atoms with Gasteiger partial charge in [0, 0.05) is 17.8 Å². The average Bonchev–Trinajstić information content (AvgIpc) is 3.21. The van der Waals surface area contributed by atoms with E-state index in [4.69, 9.17) is 4.74 Å². The molecule has 168 valence electrons. The molecule has 0 saturated heterocycles. The largest absolute Gasteiger partial charge is 0.457 e. The number of rotatable bonds is 6. The minimum atomic E-state index is -4.57.